The lowest BCUT2D eigenvalue weighted by atomic mass is 9.72. The summed E-state index contributed by atoms with van der Waals surface area (Å²) in [6.07, 6.45) is 1.13. The zero-order chi connectivity index (χ0) is 8.72. The lowest BCUT2D eigenvalue weighted by Crippen LogP contribution is -2.21. The molecule has 2 rings (SSSR count). The Kier molecular flexibility index (Phi) is 1.67. The van der Waals surface area contributed by atoms with E-state index in [4.69, 9.17) is 0 Å². The van der Waals surface area contributed by atoms with E-state index in [9.17, 15) is 4.39 Å². The fraction of sp³-hybridized carbons (Fsp3) is 0.455. The predicted octanol–water partition coefficient (Wildman–Crippen LogP) is 3.12. The molecule has 0 fully saturated rings. The van der Waals surface area contributed by atoms with Gasteiger partial charge in [-0.15, -0.1) is 0 Å². The van der Waals surface area contributed by atoms with Gasteiger partial charge in [0.2, 0.25) is 0 Å². The quantitative estimate of drug-likeness (QED) is 0.598. The molecule has 1 aromatic carbocycles. The van der Waals surface area contributed by atoms with Gasteiger partial charge in [-0.25, -0.2) is 4.39 Å². The van der Waals surface area contributed by atoms with Crippen molar-refractivity contribution >= 4 is 0 Å². The van der Waals surface area contributed by atoms with Crippen molar-refractivity contribution in [3.05, 3.63) is 35.1 Å². The molecular weight excluding hydrogens is 151 g/mol. The molecule has 1 heteroatoms. The van der Waals surface area contributed by atoms with Crippen LogP contribution in [0, 0.1) is 11.7 Å². The molecule has 0 radical (unpaired) electrons. The summed E-state index contributed by atoms with van der Waals surface area (Å²) >= 11 is 0. The van der Waals surface area contributed by atoms with Crippen molar-refractivity contribution in [3.63, 3.8) is 0 Å². The van der Waals surface area contributed by atoms with Crippen molar-refractivity contribution in [2.24, 2.45) is 5.92 Å². The molecule has 0 saturated heterocycles. The van der Waals surface area contributed by atoms with Gasteiger partial charge in [-0.2, -0.15) is 0 Å². The molecule has 1 aliphatic carbocycles. The second-order valence-corrected chi connectivity index (χ2v) is 3.90. The molecule has 0 aliphatic heterocycles. The third kappa shape index (κ3) is 1.04. The first-order valence-electron chi connectivity index (χ1n) is 4.47. The molecule has 1 aliphatic rings. The SMILES string of the molecule is CC(C)C1Cc2ccc(F)cc21. The second kappa shape index (κ2) is 2.58. The summed E-state index contributed by atoms with van der Waals surface area (Å²) < 4.78 is 12.8. The minimum absolute atomic E-state index is 0.0981. The Bertz CT molecular complexity index is 302. The molecule has 0 nitrogen and oxygen atoms in total. The molecule has 0 N–H and O–H groups in total. The Morgan fingerprint density at radius 1 is 1.42 bits per heavy atom. The summed E-state index contributed by atoms with van der Waals surface area (Å²) in [6, 6.07) is 5.14. The minimum Gasteiger partial charge on any atom is -0.207 e. The molecule has 0 heterocycles. The highest BCUT2D eigenvalue weighted by atomic mass is 19.1. The van der Waals surface area contributed by atoms with Crippen LogP contribution in [0.3, 0.4) is 0 Å². The molecular formula is C11H13F. The highest BCUT2D eigenvalue weighted by molar-refractivity contribution is 5.40. The Morgan fingerprint density at radius 2 is 2.17 bits per heavy atom. The Balaban J connectivity index is 2.33. The van der Waals surface area contributed by atoms with Crippen LogP contribution in [0.15, 0.2) is 18.2 Å². The fourth-order valence-electron chi connectivity index (χ4n) is 1.91. The van der Waals surface area contributed by atoms with E-state index < -0.39 is 0 Å². The van der Waals surface area contributed by atoms with E-state index in [1.54, 1.807) is 12.1 Å². The van der Waals surface area contributed by atoms with Crippen LogP contribution in [-0.4, -0.2) is 0 Å². The molecule has 0 saturated carbocycles. The van der Waals surface area contributed by atoms with Crippen molar-refractivity contribution in [1.29, 1.82) is 0 Å². The first-order chi connectivity index (χ1) is 5.68. The van der Waals surface area contributed by atoms with Crippen molar-refractivity contribution < 1.29 is 4.39 Å². The van der Waals surface area contributed by atoms with Gasteiger partial charge in [0, 0.05) is 0 Å². The molecule has 0 amide bonds. The Hall–Kier alpha value is -0.850. The summed E-state index contributed by atoms with van der Waals surface area (Å²) in [7, 11) is 0. The average Bonchev–Trinajstić information content (AvgIpc) is 1.95. The van der Waals surface area contributed by atoms with Crippen LogP contribution in [0.2, 0.25) is 0 Å². The van der Waals surface area contributed by atoms with E-state index in [-0.39, 0.29) is 5.82 Å². The van der Waals surface area contributed by atoms with Crippen molar-refractivity contribution in [1.82, 2.24) is 0 Å². The lowest BCUT2D eigenvalue weighted by molar-refractivity contribution is 0.446. The topological polar surface area (TPSA) is 0 Å². The lowest BCUT2D eigenvalue weighted by Gasteiger charge is -2.33. The monoisotopic (exact) mass is 164 g/mol. The minimum atomic E-state index is -0.0981. The number of halogens is 1. The van der Waals surface area contributed by atoms with E-state index >= 15 is 0 Å². The molecule has 64 valence electrons. The maximum Gasteiger partial charge on any atom is 0.123 e. The number of fused-ring (bicyclic) bond motifs is 1. The first kappa shape index (κ1) is 7.78. The van der Waals surface area contributed by atoms with Gasteiger partial charge < -0.3 is 0 Å². The van der Waals surface area contributed by atoms with E-state index in [1.807, 2.05) is 6.07 Å². The predicted molar refractivity (Wildman–Crippen MR) is 47.7 cm³/mol. The number of benzene rings is 1. The van der Waals surface area contributed by atoms with Crippen LogP contribution in [0.4, 0.5) is 4.39 Å². The van der Waals surface area contributed by atoms with Gasteiger partial charge in [0.1, 0.15) is 5.82 Å². The third-order valence-electron chi connectivity index (χ3n) is 2.75. The van der Waals surface area contributed by atoms with E-state index in [0.29, 0.717) is 11.8 Å². The molecule has 0 bridgehead atoms. The fourth-order valence-corrected chi connectivity index (χ4v) is 1.91. The maximum absolute atomic E-state index is 12.8. The Labute approximate surface area is 72.4 Å². The van der Waals surface area contributed by atoms with Gasteiger partial charge in [-0.3, -0.25) is 0 Å². The summed E-state index contributed by atoms with van der Waals surface area (Å²) in [5.74, 6) is 1.13. The maximum atomic E-state index is 12.8. The number of rotatable bonds is 1. The standard InChI is InChI=1S/C11H13F/c1-7(2)10-5-8-3-4-9(12)6-11(8)10/h3-4,6-7,10H,5H2,1-2H3. The summed E-state index contributed by atoms with van der Waals surface area (Å²) in [6.45, 7) is 4.39. The average molecular weight is 164 g/mol. The molecule has 0 aromatic heterocycles. The molecule has 1 atom stereocenters. The molecule has 1 unspecified atom stereocenters. The van der Waals surface area contributed by atoms with Crippen LogP contribution in [0.25, 0.3) is 0 Å². The zero-order valence-corrected chi connectivity index (χ0v) is 7.47. The summed E-state index contributed by atoms with van der Waals surface area (Å²) in [5, 5.41) is 0. The molecule has 12 heavy (non-hydrogen) atoms. The van der Waals surface area contributed by atoms with Gasteiger partial charge in [-0.05, 0) is 41.5 Å². The normalized spacial score (nSPS) is 20.5. The highest BCUT2D eigenvalue weighted by Gasteiger charge is 2.28. The Morgan fingerprint density at radius 3 is 2.83 bits per heavy atom. The van der Waals surface area contributed by atoms with Gasteiger partial charge in [0.15, 0.2) is 0 Å². The van der Waals surface area contributed by atoms with Crippen LogP contribution in [0.5, 0.6) is 0 Å². The van der Waals surface area contributed by atoms with Gasteiger partial charge in [-0.1, -0.05) is 19.9 Å². The third-order valence-corrected chi connectivity index (χ3v) is 2.75. The highest BCUT2D eigenvalue weighted by Crippen LogP contribution is 2.40. The molecule has 1 aromatic rings. The van der Waals surface area contributed by atoms with Crippen LogP contribution >= 0.6 is 0 Å². The first-order valence-corrected chi connectivity index (χ1v) is 4.47. The molecule has 0 spiro atoms. The summed E-state index contributed by atoms with van der Waals surface area (Å²) in [5.41, 5.74) is 2.56. The van der Waals surface area contributed by atoms with Crippen LogP contribution < -0.4 is 0 Å². The second-order valence-electron chi connectivity index (χ2n) is 3.90. The van der Waals surface area contributed by atoms with Gasteiger partial charge >= 0.3 is 0 Å². The van der Waals surface area contributed by atoms with E-state index in [0.717, 1.165) is 6.42 Å². The van der Waals surface area contributed by atoms with E-state index in [2.05, 4.69) is 13.8 Å². The van der Waals surface area contributed by atoms with Crippen LogP contribution in [-0.2, 0) is 6.42 Å². The van der Waals surface area contributed by atoms with Gasteiger partial charge in [0.25, 0.3) is 0 Å². The number of hydrogen-bond donors (Lipinski definition) is 0. The largest absolute Gasteiger partial charge is 0.207 e. The van der Waals surface area contributed by atoms with Crippen molar-refractivity contribution in [2.45, 2.75) is 26.2 Å². The van der Waals surface area contributed by atoms with E-state index in [1.165, 1.54) is 11.1 Å². The summed E-state index contributed by atoms with van der Waals surface area (Å²) in [4.78, 5) is 0. The van der Waals surface area contributed by atoms with Gasteiger partial charge in [0.05, 0.1) is 0 Å². The van der Waals surface area contributed by atoms with Crippen molar-refractivity contribution in [3.8, 4) is 0 Å². The van der Waals surface area contributed by atoms with Crippen molar-refractivity contribution in [2.75, 3.05) is 0 Å². The zero-order valence-electron chi connectivity index (χ0n) is 7.47. The smallest absolute Gasteiger partial charge is 0.123 e. The van der Waals surface area contributed by atoms with Crippen LogP contribution in [0.1, 0.15) is 30.9 Å². The number of hydrogen-bond acceptors (Lipinski definition) is 0.